The standard InChI is InChI=1S/C19H19N3O2S/c1-13-8-10-15(11-9-13)18-21-17(24-22-18)12-25-14(2)19(23)20-16-6-4-3-5-7-16/h3-11,14H,12H2,1-2H3,(H,20,23). The van der Waals surface area contributed by atoms with Crippen molar-refractivity contribution in [2.45, 2.75) is 24.9 Å². The predicted molar refractivity (Wildman–Crippen MR) is 100 cm³/mol. The number of benzene rings is 2. The summed E-state index contributed by atoms with van der Waals surface area (Å²) in [7, 11) is 0. The van der Waals surface area contributed by atoms with Crippen molar-refractivity contribution >= 4 is 23.4 Å². The lowest BCUT2D eigenvalue weighted by molar-refractivity contribution is -0.115. The van der Waals surface area contributed by atoms with E-state index >= 15 is 0 Å². The first kappa shape index (κ1) is 17.2. The summed E-state index contributed by atoms with van der Waals surface area (Å²) >= 11 is 1.46. The summed E-state index contributed by atoms with van der Waals surface area (Å²) in [5.41, 5.74) is 2.89. The van der Waals surface area contributed by atoms with Crippen LogP contribution in [0.3, 0.4) is 0 Å². The Bertz CT molecular complexity index is 831. The second-order valence-corrected chi connectivity index (χ2v) is 7.02. The summed E-state index contributed by atoms with van der Waals surface area (Å²) < 4.78 is 5.28. The van der Waals surface area contributed by atoms with Gasteiger partial charge in [-0.15, -0.1) is 11.8 Å². The summed E-state index contributed by atoms with van der Waals surface area (Å²) in [6, 6.07) is 17.4. The first-order valence-corrected chi connectivity index (χ1v) is 9.04. The van der Waals surface area contributed by atoms with Gasteiger partial charge in [0.25, 0.3) is 0 Å². The van der Waals surface area contributed by atoms with Crippen LogP contribution in [0.5, 0.6) is 0 Å². The van der Waals surface area contributed by atoms with Gasteiger partial charge in [0, 0.05) is 11.3 Å². The smallest absolute Gasteiger partial charge is 0.237 e. The average molecular weight is 353 g/mol. The molecule has 1 unspecified atom stereocenters. The Morgan fingerprint density at radius 2 is 1.88 bits per heavy atom. The molecule has 1 atom stereocenters. The third kappa shape index (κ3) is 4.70. The molecule has 25 heavy (non-hydrogen) atoms. The summed E-state index contributed by atoms with van der Waals surface area (Å²) in [6.07, 6.45) is 0. The Morgan fingerprint density at radius 1 is 1.16 bits per heavy atom. The minimum Gasteiger partial charge on any atom is -0.338 e. The number of carbonyl (C=O) groups is 1. The zero-order valence-corrected chi connectivity index (χ0v) is 14.9. The van der Waals surface area contributed by atoms with Gasteiger partial charge in [-0.1, -0.05) is 53.2 Å². The van der Waals surface area contributed by atoms with Crippen LogP contribution in [0.1, 0.15) is 18.4 Å². The van der Waals surface area contributed by atoms with Crippen molar-refractivity contribution in [2.24, 2.45) is 0 Å². The van der Waals surface area contributed by atoms with Crippen LogP contribution in [0.25, 0.3) is 11.4 Å². The molecule has 0 aliphatic rings. The second kappa shape index (κ2) is 7.98. The number of rotatable bonds is 6. The van der Waals surface area contributed by atoms with Crippen molar-refractivity contribution in [3.05, 3.63) is 66.1 Å². The number of thioether (sulfide) groups is 1. The Kier molecular flexibility index (Phi) is 5.50. The molecule has 0 radical (unpaired) electrons. The molecular weight excluding hydrogens is 334 g/mol. The number of aryl methyl sites for hydroxylation is 1. The van der Waals surface area contributed by atoms with Gasteiger partial charge in [-0.25, -0.2) is 0 Å². The number of para-hydroxylation sites is 1. The van der Waals surface area contributed by atoms with Crippen LogP contribution in [-0.4, -0.2) is 21.3 Å². The van der Waals surface area contributed by atoms with Crippen LogP contribution in [0.4, 0.5) is 5.69 Å². The van der Waals surface area contributed by atoms with Gasteiger partial charge in [-0.2, -0.15) is 4.98 Å². The summed E-state index contributed by atoms with van der Waals surface area (Å²) in [4.78, 5) is 16.6. The van der Waals surface area contributed by atoms with Crippen LogP contribution in [-0.2, 0) is 10.5 Å². The summed E-state index contributed by atoms with van der Waals surface area (Å²) in [5.74, 6) is 1.52. The monoisotopic (exact) mass is 353 g/mol. The highest BCUT2D eigenvalue weighted by molar-refractivity contribution is 7.99. The summed E-state index contributed by atoms with van der Waals surface area (Å²) in [6.45, 7) is 3.89. The van der Waals surface area contributed by atoms with Crippen LogP contribution >= 0.6 is 11.8 Å². The fourth-order valence-corrected chi connectivity index (χ4v) is 2.89. The lowest BCUT2D eigenvalue weighted by Gasteiger charge is -2.10. The van der Waals surface area contributed by atoms with E-state index in [4.69, 9.17) is 4.52 Å². The van der Waals surface area contributed by atoms with E-state index in [1.807, 2.05) is 68.4 Å². The van der Waals surface area contributed by atoms with Gasteiger partial charge in [0.05, 0.1) is 11.0 Å². The van der Waals surface area contributed by atoms with Gasteiger partial charge >= 0.3 is 0 Å². The number of amides is 1. The Hall–Kier alpha value is -2.60. The molecule has 0 fully saturated rings. The van der Waals surface area contributed by atoms with Gasteiger partial charge in [0.15, 0.2) is 0 Å². The molecule has 0 bridgehead atoms. The normalized spacial score (nSPS) is 11.9. The molecule has 0 spiro atoms. The highest BCUT2D eigenvalue weighted by Gasteiger charge is 2.16. The molecule has 0 saturated heterocycles. The molecule has 1 aromatic heterocycles. The van der Waals surface area contributed by atoms with Crippen molar-refractivity contribution in [3.8, 4) is 11.4 Å². The van der Waals surface area contributed by atoms with Crippen molar-refractivity contribution in [1.82, 2.24) is 10.1 Å². The molecule has 0 aliphatic carbocycles. The van der Waals surface area contributed by atoms with E-state index in [1.165, 1.54) is 17.3 Å². The van der Waals surface area contributed by atoms with E-state index in [-0.39, 0.29) is 11.2 Å². The van der Waals surface area contributed by atoms with E-state index < -0.39 is 0 Å². The molecule has 2 aromatic carbocycles. The largest absolute Gasteiger partial charge is 0.338 e. The maximum Gasteiger partial charge on any atom is 0.237 e. The van der Waals surface area contributed by atoms with Gasteiger partial charge in [0.2, 0.25) is 17.6 Å². The fraction of sp³-hybridized carbons (Fsp3) is 0.211. The summed E-state index contributed by atoms with van der Waals surface area (Å²) in [5, 5.41) is 6.67. The van der Waals surface area contributed by atoms with E-state index in [0.29, 0.717) is 17.5 Å². The molecular formula is C19H19N3O2S. The Balaban J connectivity index is 1.54. The van der Waals surface area contributed by atoms with Crippen molar-refractivity contribution in [2.75, 3.05) is 5.32 Å². The quantitative estimate of drug-likeness (QED) is 0.715. The number of nitrogens with zero attached hydrogens (tertiary/aromatic N) is 2. The molecule has 0 aliphatic heterocycles. The van der Waals surface area contributed by atoms with Gasteiger partial charge in [-0.3, -0.25) is 4.79 Å². The van der Waals surface area contributed by atoms with Crippen molar-refractivity contribution in [1.29, 1.82) is 0 Å². The maximum atomic E-state index is 12.2. The van der Waals surface area contributed by atoms with E-state index in [0.717, 1.165) is 11.3 Å². The lowest BCUT2D eigenvalue weighted by atomic mass is 10.1. The number of hydrogen-bond donors (Lipinski definition) is 1. The van der Waals surface area contributed by atoms with Crippen LogP contribution in [0.15, 0.2) is 59.1 Å². The second-order valence-electron chi connectivity index (χ2n) is 5.69. The topological polar surface area (TPSA) is 68.0 Å². The third-order valence-electron chi connectivity index (χ3n) is 3.65. The molecule has 1 N–H and O–H groups in total. The zero-order chi connectivity index (χ0) is 17.6. The average Bonchev–Trinajstić information content (AvgIpc) is 3.10. The SMILES string of the molecule is Cc1ccc(-c2noc(CSC(C)C(=O)Nc3ccccc3)n2)cc1. The Morgan fingerprint density at radius 3 is 2.60 bits per heavy atom. The van der Waals surface area contributed by atoms with Crippen LogP contribution < -0.4 is 5.32 Å². The minimum atomic E-state index is -0.227. The van der Waals surface area contributed by atoms with E-state index in [2.05, 4.69) is 15.5 Å². The molecule has 0 saturated carbocycles. The van der Waals surface area contributed by atoms with Crippen LogP contribution in [0.2, 0.25) is 0 Å². The van der Waals surface area contributed by atoms with Gasteiger partial charge < -0.3 is 9.84 Å². The molecule has 128 valence electrons. The number of aromatic nitrogens is 2. The first-order valence-electron chi connectivity index (χ1n) is 7.99. The number of hydrogen-bond acceptors (Lipinski definition) is 5. The molecule has 1 heterocycles. The van der Waals surface area contributed by atoms with Crippen molar-refractivity contribution in [3.63, 3.8) is 0 Å². The predicted octanol–water partition coefficient (Wildman–Crippen LogP) is 4.31. The maximum absolute atomic E-state index is 12.2. The van der Waals surface area contributed by atoms with Gasteiger partial charge in [0.1, 0.15) is 0 Å². The van der Waals surface area contributed by atoms with Crippen LogP contribution in [0, 0.1) is 6.92 Å². The molecule has 1 amide bonds. The zero-order valence-electron chi connectivity index (χ0n) is 14.1. The minimum absolute atomic E-state index is 0.0468. The van der Waals surface area contributed by atoms with Crippen molar-refractivity contribution < 1.29 is 9.32 Å². The highest BCUT2D eigenvalue weighted by atomic mass is 32.2. The van der Waals surface area contributed by atoms with E-state index in [9.17, 15) is 4.79 Å². The number of nitrogens with one attached hydrogen (secondary N) is 1. The molecule has 3 rings (SSSR count). The molecule has 3 aromatic rings. The lowest BCUT2D eigenvalue weighted by Crippen LogP contribution is -2.22. The number of carbonyl (C=O) groups excluding carboxylic acids is 1. The van der Waals surface area contributed by atoms with E-state index in [1.54, 1.807) is 0 Å². The third-order valence-corrected chi connectivity index (χ3v) is 4.77. The molecule has 5 nitrogen and oxygen atoms in total. The highest BCUT2D eigenvalue weighted by Crippen LogP contribution is 2.21. The fourth-order valence-electron chi connectivity index (χ4n) is 2.17. The Labute approximate surface area is 150 Å². The number of anilines is 1. The van der Waals surface area contributed by atoms with Gasteiger partial charge in [-0.05, 0) is 26.0 Å². The molecule has 6 heteroatoms. The first-order chi connectivity index (χ1) is 12.1.